The van der Waals surface area contributed by atoms with E-state index in [1.807, 2.05) is 6.20 Å². The Balaban J connectivity index is 2.03. The Bertz CT molecular complexity index is 574. The molecule has 0 saturated carbocycles. The number of anilines is 2. The van der Waals surface area contributed by atoms with Crippen LogP contribution in [0.15, 0.2) is 6.20 Å². The van der Waals surface area contributed by atoms with Crippen LogP contribution in [-0.4, -0.2) is 33.6 Å². The molecule has 2 heterocycles. The molecule has 0 spiro atoms. The third-order valence-corrected chi connectivity index (χ3v) is 3.82. The summed E-state index contributed by atoms with van der Waals surface area (Å²) < 4.78 is 5.09. The lowest BCUT2D eigenvalue weighted by Gasteiger charge is -2.08. The predicted molar refractivity (Wildman–Crippen MR) is 84.0 cm³/mol. The van der Waals surface area contributed by atoms with E-state index >= 15 is 0 Å². The zero-order valence-electron chi connectivity index (χ0n) is 12.5. The first-order chi connectivity index (χ1) is 10.2. The average molecular weight is 308 g/mol. The largest absolute Gasteiger partial charge is 0.467 e. The van der Waals surface area contributed by atoms with E-state index in [2.05, 4.69) is 44.4 Å². The van der Waals surface area contributed by atoms with Gasteiger partial charge in [-0.2, -0.15) is 15.0 Å². The van der Waals surface area contributed by atoms with Gasteiger partial charge in [-0.1, -0.05) is 13.8 Å². The molecule has 0 atom stereocenters. The normalized spacial score (nSPS) is 10.4. The summed E-state index contributed by atoms with van der Waals surface area (Å²) in [6.07, 6.45) is 3.90. The Hall–Kier alpha value is -1.96. The van der Waals surface area contributed by atoms with Crippen LogP contribution in [0.4, 0.5) is 11.9 Å². The number of aromatic nitrogens is 4. The van der Waals surface area contributed by atoms with Crippen molar-refractivity contribution < 1.29 is 4.74 Å². The number of hydrogen-bond donors (Lipinski definition) is 2. The topological polar surface area (TPSA) is 84.9 Å². The monoisotopic (exact) mass is 308 g/mol. The highest BCUT2D eigenvalue weighted by Gasteiger charge is 2.07. The molecular weight excluding hydrogens is 288 g/mol. The van der Waals surface area contributed by atoms with Crippen molar-refractivity contribution in [3.05, 3.63) is 16.1 Å². The van der Waals surface area contributed by atoms with Gasteiger partial charge in [0.1, 0.15) is 5.01 Å². The van der Waals surface area contributed by atoms with Gasteiger partial charge in [0, 0.05) is 17.6 Å². The number of methoxy groups -OCH3 is 1. The Morgan fingerprint density at radius 2 is 1.90 bits per heavy atom. The molecule has 0 radical (unpaired) electrons. The third kappa shape index (κ3) is 4.52. The van der Waals surface area contributed by atoms with Gasteiger partial charge in [-0.05, 0) is 12.8 Å². The van der Waals surface area contributed by atoms with Crippen LogP contribution < -0.4 is 15.4 Å². The second-order valence-electron chi connectivity index (χ2n) is 4.32. The Morgan fingerprint density at radius 3 is 2.52 bits per heavy atom. The van der Waals surface area contributed by atoms with Crippen molar-refractivity contribution in [1.29, 1.82) is 0 Å². The molecule has 0 saturated heterocycles. The molecule has 114 valence electrons. The lowest BCUT2D eigenvalue weighted by Crippen LogP contribution is -2.10. The number of hydrogen-bond acceptors (Lipinski definition) is 8. The van der Waals surface area contributed by atoms with Gasteiger partial charge < -0.3 is 15.4 Å². The van der Waals surface area contributed by atoms with Gasteiger partial charge in [0.2, 0.25) is 11.9 Å². The quantitative estimate of drug-likeness (QED) is 0.774. The third-order valence-electron chi connectivity index (χ3n) is 2.68. The molecule has 0 aliphatic rings. The van der Waals surface area contributed by atoms with Crippen molar-refractivity contribution in [3.8, 4) is 6.01 Å². The van der Waals surface area contributed by atoms with E-state index in [-0.39, 0.29) is 0 Å². The smallest absolute Gasteiger partial charge is 0.322 e. The van der Waals surface area contributed by atoms with E-state index in [9.17, 15) is 0 Å². The summed E-state index contributed by atoms with van der Waals surface area (Å²) in [5.41, 5.74) is 0. The summed E-state index contributed by atoms with van der Waals surface area (Å²) in [5, 5.41) is 7.29. The zero-order valence-corrected chi connectivity index (χ0v) is 13.3. The summed E-state index contributed by atoms with van der Waals surface area (Å²) in [5.74, 6) is 0.994. The number of nitrogens with zero attached hydrogens (tertiary/aromatic N) is 4. The average Bonchev–Trinajstić information content (AvgIpc) is 2.98. The van der Waals surface area contributed by atoms with Crippen LogP contribution in [0.2, 0.25) is 0 Å². The molecule has 0 unspecified atom stereocenters. The molecule has 0 aliphatic heterocycles. The highest BCUT2D eigenvalue weighted by molar-refractivity contribution is 7.11. The van der Waals surface area contributed by atoms with Gasteiger partial charge in [-0.15, -0.1) is 11.3 Å². The zero-order chi connectivity index (χ0) is 15.1. The molecule has 2 aromatic heterocycles. The predicted octanol–water partition coefficient (Wildman–Crippen LogP) is 2.33. The van der Waals surface area contributed by atoms with Crippen LogP contribution in [0.1, 0.15) is 30.2 Å². The second kappa shape index (κ2) is 7.72. The lowest BCUT2D eigenvalue weighted by atomic mass is 10.4. The molecule has 2 aromatic rings. The van der Waals surface area contributed by atoms with E-state index in [1.165, 1.54) is 12.0 Å². The Labute approximate surface area is 128 Å². The maximum Gasteiger partial charge on any atom is 0.322 e. The van der Waals surface area contributed by atoms with Gasteiger partial charge in [0.05, 0.1) is 13.7 Å². The summed E-state index contributed by atoms with van der Waals surface area (Å²) in [4.78, 5) is 18.3. The fourth-order valence-electron chi connectivity index (χ4n) is 1.59. The van der Waals surface area contributed by atoms with Crippen molar-refractivity contribution in [2.75, 3.05) is 24.3 Å². The van der Waals surface area contributed by atoms with Crippen LogP contribution in [0.5, 0.6) is 6.01 Å². The molecule has 2 N–H and O–H groups in total. The Morgan fingerprint density at radius 1 is 1.14 bits per heavy atom. The summed E-state index contributed by atoms with van der Waals surface area (Å²) >= 11 is 1.69. The molecule has 21 heavy (non-hydrogen) atoms. The molecular formula is C13H20N6OS. The van der Waals surface area contributed by atoms with Crippen molar-refractivity contribution in [2.24, 2.45) is 0 Å². The van der Waals surface area contributed by atoms with Crippen molar-refractivity contribution in [3.63, 3.8) is 0 Å². The minimum absolute atomic E-state index is 0.291. The van der Waals surface area contributed by atoms with Crippen LogP contribution >= 0.6 is 11.3 Å². The van der Waals surface area contributed by atoms with E-state index in [1.54, 1.807) is 11.3 Å². The second-order valence-corrected chi connectivity index (χ2v) is 5.52. The van der Waals surface area contributed by atoms with Gasteiger partial charge in [0.25, 0.3) is 0 Å². The van der Waals surface area contributed by atoms with Gasteiger partial charge in [-0.3, -0.25) is 0 Å². The van der Waals surface area contributed by atoms with Gasteiger partial charge in [0.15, 0.2) is 0 Å². The first kappa shape index (κ1) is 15.4. The standard InChI is InChI=1S/C13H20N6OS/c1-4-6-14-11-17-12(19-13(18-11)20-3)16-8-10-15-7-9(5-2)21-10/h7H,4-6,8H2,1-3H3,(H2,14,16,17,18,19). The minimum Gasteiger partial charge on any atom is -0.467 e. The van der Waals surface area contributed by atoms with Gasteiger partial charge in [-0.25, -0.2) is 4.98 Å². The Kier molecular flexibility index (Phi) is 5.68. The molecule has 0 amide bonds. The van der Waals surface area contributed by atoms with Gasteiger partial charge >= 0.3 is 6.01 Å². The highest BCUT2D eigenvalue weighted by atomic mass is 32.1. The van der Waals surface area contributed by atoms with E-state index in [0.29, 0.717) is 24.5 Å². The van der Waals surface area contributed by atoms with Crippen molar-refractivity contribution in [2.45, 2.75) is 33.2 Å². The van der Waals surface area contributed by atoms with Crippen LogP contribution in [0.3, 0.4) is 0 Å². The molecule has 0 aliphatic carbocycles. The van der Waals surface area contributed by atoms with E-state index in [0.717, 1.165) is 24.4 Å². The van der Waals surface area contributed by atoms with Crippen molar-refractivity contribution in [1.82, 2.24) is 19.9 Å². The SMILES string of the molecule is CCCNc1nc(NCc2ncc(CC)s2)nc(OC)n1. The number of aryl methyl sites for hydroxylation is 1. The van der Waals surface area contributed by atoms with Crippen LogP contribution in [-0.2, 0) is 13.0 Å². The summed E-state index contributed by atoms with van der Waals surface area (Å²) in [7, 11) is 1.54. The number of thiazole rings is 1. The van der Waals surface area contributed by atoms with E-state index in [4.69, 9.17) is 4.74 Å². The number of rotatable bonds is 8. The number of ether oxygens (including phenoxy) is 1. The maximum absolute atomic E-state index is 5.09. The first-order valence-corrected chi connectivity index (χ1v) is 7.78. The summed E-state index contributed by atoms with van der Waals surface area (Å²) in [6, 6.07) is 0.291. The van der Waals surface area contributed by atoms with Crippen molar-refractivity contribution >= 4 is 23.2 Å². The highest BCUT2D eigenvalue weighted by Crippen LogP contribution is 2.16. The first-order valence-electron chi connectivity index (χ1n) is 6.96. The number of nitrogens with one attached hydrogen (secondary N) is 2. The fraction of sp³-hybridized carbons (Fsp3) is 0.538. The molecule has 8 heteroatoms. The molecule has 0 bridgehead atoms. The molecule has 0 aromatic carbocycles. The minimum atomic E-state index is 0.291. The molecule has 7 nitrogen and oxygen atoms in total. The molecule has 0 fully saturated rings. The van der Waals surface area contributed by atoms with Crippen LogP contribution in [0.25, 0.3) is 0 Å². The van der Waals surface area contributed by atoms with Crippen LogP contribution in [0, 0.1) is 0 Å². The fourth-order valence-corrected chi connectivity index (χ4v) is 2.39. The molecule has 2 rings (SSSR count). The van der Waals surface area contributed by atoms with E-state index < -0.39 is 0 Å². The summed E-state index contributed by atoms with van der Waals surface area (Å²) in [6.45, 7) is 5.59. The lowest BCUT2D eigenvalue weighted by molar-refractivity contribution is 0.379. The maximum atomic E-state index is 5.09.